The minimum absolute atomic E-state index is 0.453. The predicted molar refractivity (Wildman–Crippen MR) is 133 cm³/mol. The normalized spacial score (nSPS) is 16.3. The molecule has 1 nitrogen and oxygen atoms in total. The molecule has 0 N–H and O–H groups in total. The van der Waals surface area contributed by atoms with Crippen molar-refractivity contribution in [3.8, 4) is 0 Å². The number of unbranched alkanes of at least 4 members (excludes halogenated alkanes) is 8. The summed E-state index contributed by atoms with van der Waals surface area (Å²) in [6.45, 7) is 18.9. The van der Waals surface area contributed by atoms with E-state index in [1.54, 1.807) is 0 Å². The molecule has 0 aromatic rings. The topological polar surface area (TPSA) is 9.23 Å². The van der Waals surface area contributed by atoms with Gasteiger partial charge < -0.3 is 4.74 Å². The van der Waals surface area contributed by atoms with Crippen molar-refractivity contribution in [1.29, 1.82) is 0 Å². The average molecular weight is 411 g/mol. The highest BCUT2D eigenvalue weighted by atomic mass is 16.5. The van der Waals surface area contributed by atoms with Gasteiger partial charge in [-0.3, -0.25) is 0 Å². The van der Waals surface area contributed by atoms with Crippen LogP contribution in [-0.4, -0.2) is 12.2 Å². The Morgan fingerprint density at radius 2 is 0.828 bits per heavy atom. The van der Waals surface area contributed by atoms with Gasteiger partial charge in [-0.05, 0) is 49.4 Å². The van der Waals surface area contributed by atoms with Crippen molar-refractivity contribution in [3.05, 3.63) is 0 Å². The molecule has 0 aromatic heterocycles. The summed E-state index contributed by atoms with van der Waals surface area (Å²) in [5.41, 5.74) is 0. The van der Waals surface area contributed by atoms with Crippen LogP contribution in [0.3, 0.4) is 0 Å². The van der Waals surface area contributed by atoms with Crippen molar-refractivity contribution in [1.82, 2.24) is 0 Å². The second-order valence-corrected chi connectivity index (χ2v) is 10.8. The lowest BCUT2D eigenvalue weighted by molar-refractivity contribution is -0.0772. The third kappa shape index (κ3) is 16.3. The van der Waals surface area contributed by atoms with Crippen LogP contribution in [0.4, 0.5) is 0 Å². The average Bonchev–Trinajstić information content (AvgIpc) is 2.63. The van der Waals surface area contributed by atoms with Gasteiger partial charge >= 0.3 is 0 Å². The van der Waals surface area contributed by atoms with Crippen molar-refractivity contribution in [2.24, 2.45) is 23.7 Å². The Balaban J connectivity index is 4.89. The number of hydrogen-bond donors (Lipinski definition) is 0. The first-order valence-electron chi connectivity index (χ1n) is 13.5. The van der Waals surface area contributed by atoms with E-state index < -0.39 is 0 Å². The van der Waals surface area contributed by atoms with Crippen molar-refractivity contribution in [3.63, 3.8) is 0 Å². The monoisotopic (exact) mass is 410 g/mol. The van der Waals surface area contributed by atoms with Gasteiger partial charge in [-0.2, -0.15) is 0 Å². The minimum Gasteiger partial charge on any atom is -0.374 e. The summed E-state index contributed by atoms with van der Waals surface area (Å²) in [4.78, 5) is 0. The van der Waals surface area contributed by atoms with Crippen LogP contribution in [0.25, 0.3) is 0 Å². The van der Waals surface area contributed by atoms with E-state index in [0.717, 1.165) is 11.8 Å². The summed E-state index contributed by atoms with van der Waals surface area (Å²) < 4.78 is 6.99. The zero-order chi connectivity index (χ0) is 22.1. The van der Waals surface area contributed by atoms with Crippen LogP contribution in [-0.2, 0) is 4.74 Å². The molecule has 0 aromatic carbocycles. The van der Waals surface area contributed by atoms with Crippen LogP contribution >= 0.6 is 0 Å². The molecule has 0 radical (unpaired) electrons. The van der Waals surface area contributed by atoms with E-state index in [1.807, 2.05) is 0 Å². The SMILES string of the molecule is CCCCCCCC(OC(CCCCCCC)C(C)CC(C)C)C(C)CC(C)C. The summed E-state index contributed by atoms with van der Waals surface area (Å²) in [5, 5.41) is 0. The maximum absolute atomic E-state index is 6.99. The van der Waals surface area contributed by atoms with Crippen molar-refractivity contribution in [2.45, 2.75) is 157 Å². The third-order valence-corrected chi connectivity index (χ3v) is 6.49. The fourth-order valence-electron chi connectivity index (χ4n) is 4.89. The van der Waals surface area contributed by atoms with Gasteiger partial charge in [-0.15, -0.1) is 0 Å². The maximum Gasteiger partial charge on any atom is 0.0604 e. The summed E-state index contributed by atoms with van der Waals surface area (Å²) in [6.07, 6.45) is 19.7. The molecule has 1 heteroatoms. The highest BCUT2D eigenvalue weighted by molar-refractivity contribution is 4.75. The molecular formula is C28H58O. The molecule has 0 aliphatic rings. The van der Waals surface area contributed by atoms with Crippen LogP contribution in [0, 0.1) is 23.7 Å². The molecule has 0 saturated heterocycles. The molecule has 0 saturated carbocycles. The molecule has 4 atom stereocenters. The molecule has 0 spiro atoms. The summed E-state index contributed by atoms with van der Waals surface area (Å²) in [6, 6.07) is 0. The van der Waals surface area contributed by atoms with Gasteiger partial charge in [0.2, 0.25) is 0 Å². The van der Waals surface area contributed by atoms with Gasteiger partial charge in [0.05, 0.1) is 12.2 Å². The van der Waals surface area contributed by atoms with Crippen LogP contribution in [0.1, 0.15) is 145 Å². The maximum atomic E-state index is 6.99. The lowest BCUT2D eigenvalue weighted by Gasteiger charge is -2.34. The molecule has 29 heavy (non-hydrogen) atoms. The Kier molecular flexibility index (Phi) is 18.7. The summed E-state index contributed by atoms with van der Waals surface area (Å²) >= 11 is 0. The van der Waals surface area contributed by atoms with E-state index in [0.29, 0.717) is 24.0 Å². The standard InChI is InChI=1S/C28H58O/c1-9-11-13-15-17-19-27(25(7)21-23(3)4)29-28(26(8)22-24(5)6)20-18-16-14-12-10-2/h23-28H,9-22H2,1-8H3. The lowest BCUT2D eigenvalue weighted by atomic mass is 9.88. The minimum atomic E-state index is 0.453. The first kappa shape index (κ1) is 29.0. The fraction of sp³-hybridized carbons (Fsp3) is 1.00. The highest BCUT2D eigenvalue weighted by Crippen LogP contribution is 2.29. The highest BCUT2D eigenvalue weighted by Gasteiger charge is 2.26. The van der Waals surface area contributed by atoms with E-state index in [-0.39, 0.29) is 0 Å². The number of hydrogen-bond acceptors (Lipinski definition) is 1. The Hall–Kier alpha value is -0.0400. The van der Waals surface area contributed by atoms with E-state index in [9.17, 15) is 0 Å². The molecule has 4 unspecified atom stereocenters. The van der Waals surface area contributed by atoms with Crippen molar-refractivity contribution in [2.75, 3.05) is 0 Å². The summed E-state index contributed by atoms with van der Waals surface area (Å²) in [5.74, 6) is 2.87. The van der Waals surface area contributed by atoms with Gasteiger partial charge in [0.1, 0.15) is 0 Å². The van der Waals surface area contributed by atoms with Crippen LogP contribution in [0.5, 0.6) is 0 Å². The molecule has 0 heterocycles. The van der Waals surface area contributed by atoms with E-state index >= 15 is 0 Å². The first-order valence-corrected chi connectivity index (χ1v) is 13.5. The Bertz CT molecular complexity index is 303. The zero-order valence-corrected chi connectivity index (χ0v) is 21.8. The molecular weight excluding hydrogens is 352 g/mol. The second-order valence-electron chi connectivity index (χ2n) is 10.8. The Morgan fingerprint density at radius 3 is 1.14 bits per heavy atom. The first-order chi connectivity index (χ1) is 13.8. The molecule has 0 amide bonds. The zero-order valence-electron chi connectivity index (χ0n) is 21.8. The quantitative estimate of drug-likeness (QED) is 0.181. The van der Waals surface area contributed by atoms with Crippen molar-refractivity contribution < 1.29 is 4.74 Å². The van der Waals surface area contributed by atoms with Crippen LogP contribution in [0.2, 0.25) is 0 Å². The largest absolute Gasteiger partial charge is 0.374 e. The van der Waals surface area contributed by atoms with Gasteiger partial charge in [0.15, 0.2) is 0 Å². The fourth-order valence-corrected chi connectivity index (χ4v) is 4.89. The Labute approximate surface area is 186 Å². The second kappa shape index (κ2) is 18.7. The van der Waals surface area contributed by atoms with Crippen LogP contribution in [0.15, 0.2) is 0 Å². The summed E-state index contributed by atoms with van der Waals surface area (Å²) in [7, 11) is 0. The molecule has 0 aliphatic carbocycles. The number of rotatable bonds is 20. The van der Waals surface area contributed by atoms with Gasteiger partial charge in [-0.1, -0.05) is 120 Å². The third-order valence-electron chi connectivity index (χ3n) is 6.49. The van der Waals surface area contributed by atoms with E-state index in [2.05, 4.69) is 55.4 Å². The van der Waals surface area contributed by atoms with Gasteiger partial charge in [0, 0.05) is 0 Å². The van der Waals surface area contributed by atoms with Gasteiger partial charge in [-0.25, -0.2) is 0 Å². The Morgan fingerprint density at radius 1 is 0.483 bits per heavy atom. The molecule has 0 fully saturated rings. The lowest BCUT2D eigenvalue weighted by Crippen LogP contribution is -2.33. The molecule has 0 aliphatic heterocycles. The smallest absolute Gasteiger partial charge is 0.0604 e. The van der Waals surface area contributed by atoms with Gasteiger partial charge in [0.25, 0.3) is 0 Å². The van der Waals surface area contributed by atoms with E-state index in [4.69, 9.17) is 4.74 Å². The molecule has 176 valence electrons. The predicted octanol–water partition coefficient (Wildman–Crippen LogP) is 9.83. The van der Waals surface area contributed by atoms with E-state index in [1.165, 1.54) is 89.9 Å². The number of ether oxygens (including phenoxy) is 1. The van der Waals surface area contributed by atoms with Crippen molar-refractivity contribution >= 4 is 0 Å². The van der Waals surface area contributed by atoms with Crippen LogP contribution < -0.4 is 0 Å². The molecule has 0 rings (SSSR count). The molecule has 0 bridgehead atoms.